The molecule has 0 aromatic carbocycles. The van der Waals surface area contributed by atoms with Crippen molar-refractivity contribution in [1.29, 1.82) is 0 Å². The van der Waals surface area contributed by atoms with Crippen LogP contribution in [-0.4, -0.2) is 38.3 Å². The molecule has 0 saturated carbocycles. The van der Waals surface area contributed by atoms with Crippen LogP contribution in [0.15, 0.2) is 0 Å². The number of nitrogens with two attached hydrogens (primary N) is 2. The van der Waals surface area contributed by atoms with Gasteiger partial charge in [0.25, 0.3) is 0 Å². The van der Waals surface area contributed by atoms with Gasteiger partial charge in [0, 0.05) is 6.42 Å². The van der Waals surface area contributed by atoms with Crippen LogP contribution >= 0.6 is 0 Å². The van der Waals surface area contributed by atoms with Crippen LogP contribution < -0.4 is 11.5 Å². The van der Waals surface area contributed by atoms with Gasteiger partial charge < -0.3 is 10.2 Å². The molecular weight excluding hydrogens is 138 g/mol. The Labute approximate surface area is 69.9 Å². The quantitative estimate of drug-likeness (QED) is 0.341. The molecular formula is C8H22N3+. The van der Waals surface area contributed by atoms with Crippen molar-refractivity contribution in [3.05, 3.63) is 0 Å². The van der Waals surface area contributed by atoms with Crippen molar-refractivity contribution in [3.63, 3.8) is 0 Å². The molecule has 0 fully saturated rings. The zero-order valence-corrected chi connectivity index (χ0v) is 8.01. The fourth-order valence-corrected chi connectivity index (χ4v) is 0.885. The molecule has 68 valence electrons. The Hall–Kier alpha value is -0.120. The Morgan fingerprint density at radius 2 is 1.73 bits per heavy atom. The summed E-state index contributed by atoms with van der Waals surface area (Å²) in [5, 5.41) is 0. The first kappa shape index (κ1) is 10.9. The van der Waals surface area contributed by atoms with Gasteiger partial charge in [-0.15, -0.1) is 0 Å². The van der Waals surface area contributed by atoms with Gasteiger partial charge in [0.2, 0.25) is 0 Å². The lowest BCUT2D eigenvalue weighted by molar-refractivity contribution is -0.896. The maximum atomic E-state index is 5.92. The highest BCUT2D eigenvalue weighted by Crippen LogP contribution is 2.05. The molecule has 0 aliphatic heterocycles. The van der Waals surface area contributed by atoms with Gasteiger partial charge in [-0.1, -0.05) is 0 Å². The molecule has 3 heteroatoms. The number of nitrogens with zero attached hydrogens (tertiary/aromatic N) is 1. The summed E-state index contributed by atoms with van der Waals surface area (Å²) in [6.07, 6.45) is 3.56. The lowest BCUT2D eigenvalue weighted by Gasteiger charge is -2.31. The van der Waals surface area contributed by atoms with E-state index >= 15 is 0 Å². The molecule has 0 aromatic rings. The van der Waals surface area contributed by atoms with Crippen LogP contribution in [0.3, 0.4) is 0 Å². The molecule has 3 nitrogen and oxygen atoms in total. The first-order valence-corrected chi connectivity index (χ1v) is 4.25. The fourth-order valence-electron chi connectivity index (χ4n) is 0.885. The molecule has 0 heterocycles. The van der Waals surface area contributed by atoms with Crippen molar-refractivity contribution >= 4 is 0 Å². The van der Waals surface area contributed by atoms with Crippen molar-refractivity contribution in [3.8, 4) is 0 Å². The summed E-state index contributed by atoms with van der Waals surface area (Å²) in [7, 11) is 6.35. The second-order valence-corrected chi connectivity index (χ2v) is 3.97. The van der Waals surface area contributed by atoms with E-state index in [0.29, 0.717) is 0 Å². The predicted octanol–water partition coefficient (Wildman–Crippen LogP) is 0.106. The van der Waals surface area contributed by atoms with Crippen molar-refractivity contribution in [2.75, 3.05) is 27.7 Å². The van der Waals surface area contributed by atoms with Crippen LogP contribution in [0.4, 0.5) is 0 Å². The van der Waals surface area contributed by atoms with Crippen molar-refractivity contribution in [2.45, 2.75) is 25.4 Å². The summed E-state index contributed by atoms with van der Waals surface area (Å²) in [6, 6.07) is 0. The molecule has 0 aliphatic carbocycles. The highest BCUT2D eigenvalue weighted by molar-refractivity contribution is 4.49. The molecule has 0 rings (SSSR count). The lowest BCUT2D eigenvalue weighted by Crippen LogP contribution is -2.50. The first-order valence-electron chi connectivity index (χ1n) is 4.25. The minimum Gasteiger partial charge on any atom is -0.330 e. The Morgan fingerprint density at radius 3 is 2.09 bits per heavy atom. The maximum absolute atomic E-state index is 5.92. The van der Waals surface area contributed by atoms with Gasteiger partial charge in [-0.25, -0.2) is 0 Å². The summed E-state index contributed by atoms with van der Waals surface area (Å²) in [5.41, 5.74) is 11.3. The second-order valence-electron chi connectivity index (χ2n) is 3.97. The third kappa shape index (κ3) is 5.18. The Bertz CT molecular complexity index is 96.0. The minimum atomic E-state index is 0.251. The molecule has 0 radical (unpaired) electrons. The molecule has 1 unspecified atom stereocenters. The van der Waals surface area contributed by atoms with E-state index in [1.54, 1.807) is 0 Å². The molecule has 0 amide bonds. The van der Waals surface area contributed by atoms with Gasteiger partial charge in [-0.2, -0.15) is 0 Å². The first-order chi connectivity index (χ1) is 4.98. The van der Waals surface area contributed by atoms with E-state index < -0.39 is 0 Å². The largest absolute Gasteiger partial charge is 0.330 e. The number of quaternary nitrogens is 1. The van der Waals surface area contributed by atoms with Gasteiger partial charge in [0.05, 0.1) is 21.1 Å². The second kappa shape index (κ2) is 4.70. The fraction of sp³-hybridized carbons (Fsp3) is 1.00. The summed E-state index contributed by atoms with van der Waals surface area (Å²) in [5.74, 6) is 0. The van der Waals surface area contributed by atoms with Gasteiger partial charge in [0.1, 0.15) is 6.17 Å². The van der Waals surface area contributed by atoms with E-state index in [1.807, 2.05) is 0 Å². The molecule has 4 N–H and O–H groups in total. The van der Waals surface area contributed by atoms with Crippen LogP contribution in [0.25, 0.3) is 0 Å². The number of rotatable bonds is 5. The van der Waals surface area contributed by atoms with Crippen molar-refractivity contribution in [2.24, 2.45) is 11.5 Å². The maximum Gasteiger partial charge on any atom is 0.139 e. The average Bonchev–Trinajstić information content (AvgIpc) is 1.86. The van der Waals surface area contributed by atoms with E-state index in [9.17, 15) is 0 Å². The zero-order chi connectivity index (χ0) is 8.91. The predicted molar refractivity (Wildman–Crippen MR) is 48.9 cm³/mol. The smallest absolute Gasteiger partial charge is 0.139 e. The third-order valence-corrected chi connectivity index (χ3v) is 1.95. The minimum absolute atomic E-state index is 0.251. The average molecular weight is 160 g/mol. The highest BCUT2D eigenvalue weighted by Gasteiger charge is 2.17. The van der Waals surface area contributed by atoms with E-state index in [1.165, 1.54) is 0 Å². The molecule has 0 bridgehead atoms. The van der Waals surface area contributed by atoms with Crippen molar-refractivity contribution < 1.29 is 4.48 Å². The van der Waals surface area contributed by atoms with E-state index in [2.05, 4.69) is 21.1 Å². The molecule has 0 aromatic heterocycles. The van der Waals surface area contributed by atoms with Crippen LogP contribution in [0.5, 0.6) is 0 Å². The normalized spacial score (nSPS) is 15.0. The summed E-state index contributed by atoms with van der Waals surface area (Å²) in [4.78, 5) is 0. The van der Waals surface area contributed by atoms with Gasteiger partial charge in [-0.05, 0) is 19.4 Å². The molecule has 1 atom stereocenters. The summed E-state index contributed by atoms with van der Waals surface area (Å²) in [6.45, 7) is 0.782. The van der Waals surface area contributed by atoms with Crippen LogP contribution in [-0.2, 0) is 0 Å². The van der Waals surface area contributed by atoms with E-state index in [0.717, 1.165) is 30.3 Å². The Morgan fingerprint density at radius 1 is 1.18 bits per heavy atom. The van der Waals surface area contributed by atoms with E-state index in [4.69, 9.17) is 11.5 Å². The SMILES string of the molecule is C[N+](C)(C)C(N)CCCCN. The van der Waals surface area contributed by atoms with Crippen LogP contribution in [0.2, 0.25) is 0 Å². The lowest BCUT2D eigenvalue weighted by atomic mass is 10.2. The topological polar surface area (TPSA) is 52.0 Å². The third-order valence-electron chi connectivity index (χ3n) is 1.95. The standard InChI is InChI=1S/C8H22N3/c1-11(2,3)8(10)6-4-5-7-9/h8H,4-7,9-10H2,1-3H3/q+1. The van der Waals surface area contributed by atoms with Crippen LogP contribution in [0, 0.1) is 0 Å². The van der Waals surface area contributed by atoms with Gasteiger partial charge in [-0.3, -0.25) is 5.73 Å². The monoisotopic (exact) mass is 160 g/mol. The van der Waals surface area contributed by atoms with Crippen molar-refractivity contribution in [1.82, 2.24) is 0 Å². The number of hydrogen-bond donors (Lipinski definition) is 2. The Balaban J connectivity index is 3.44. The molecule has 0 aliphatic rings. The van der Waals surface area contributed by atoms with E-state index in [-0.39, 0.29) is 6.17 Å². The molecule has 0 spiro atoms. The number of unbranched alkanes of at least 4 members (excludes halogenated alkanes) is 1. The Kier molecular flexibility index (Phi) is 4.65. The van der Waals surface area contributed by atoms with Crippen LogP contribution in [0.1, 0.15) is 19.3 Å². The number of hydrogen-bond acceptors (Lipinski definition) is 2. The van der Waals surface area contributed by atoms with Gasteiger partial charge >= 0.3 is 0 Å². The highest BCUT2D eigenvalue weighted by atomic mass is 15.4. The van der Waals surface area contributed by atoms with Gasteiger partial charge in [0.15, 0.2) is 0 Å². The molecule has 11 heavy (non-hydrogen) atoms. The summed E-state index contributed by atoms with van der Waals surface area (Å²) >= 11 is 0. The zero-order valence-electron chi connectivity index (χ0n) is 8.01. The molecule has 0 saturated heterocycles. The summed E-state index contributed by atoms with van der Waals surface area (Å²) < 4.78 is 0.838.